The number of benzene rings is 1. The lowest BCUT2D eigenvalue weighted by molar-refractivity contribution is -0.122. The summed E-state index contributed by atoms with van der Waals surface area (Å²) in [7, 11) is 1.60. The first-order valence-electron chi connectivity index (χ1n) is 9.51. The molecule has 0 radical (unpaired) electrons. The summed E-state index contributed by atoms with van der Waals surface area (Å²) in [4.78, 5) is 23.2. The number of aryl methyl sites for hydroxylation is 1. The topological polar surface area (TPSA) is 94.0 Å². The van der Waals surface area contributed by atoms with Crippen LogP contribution in [0.3, 0.4) is 0 Å². The Morgan fingerprint density at radius 3 is 2.87 bits per heavy atom. The molecule has 0 aliphatic rings. The standard InChI is InChI=1S/C21H22N6O2S/c1-14-24-20(17-10-18(30-21(17)25-14)15-6-4-3-5-7-15)26-16-11-23-27(12-16)13-19(28)22-8-9-29-2/h3-7,10-12H,8-9,13H2,1-2H3,(H,22,28)(H,24,25,26). The largest absolute Gasteiger partial charge is 0.383 e. The quantitative estimate of drug-likeness (QED) is 0.423. The number of hydrogen-bond donors (Lipinski definition) is 2. The van der Waals surface area contributed by atoms with E-state index in [2.05, 4.69) is 43.9 Å². The highest BCUT2D eigenvalue weighted by molar-refractivity contribution is 7.21. The molecule has 3 aromatic heterocycles. The van der Waals surface area contributed by atoms with Gasteiger partial charge in [-0.25, -0.2) is 9.97 Å². The van der Waals surface area contributed by atoms with Gasteiger partial charge in [0, 0.05) is 24.7 Å². The van der Waals surface area contributed by atoms with Crippen molar-refractivity contribution in [2.24, 2.45) is 0 Å². The van der Waals surface area contributed by atoms with E-state index in [1.807, 2.05) is 25.1 Å². The van der Waals surface area contributed by atoms with Gasteiger partial charge in [-0.05, 0) is 18.6 Å². The first-order valence-corrected chi connectivity index (χ1v) is 10.3. The molecule has 3 heterocycles. The Kier molecular flexibility index (Phi) is 6.01. The number of amides is 1. The summed E-state index contributed by atoms with van der Waals surface area (Å²) < 4.78 is 6.51. The molecule has 8 nitrogen and oxygen atoms in total. The van der Waals surface area contributed by atoms with Crippen LogP contribution in [-0.2, 0) is 16.1 Å². The van der Waals surface area contributed by atoms with Crippen LogP contribution in [-0.4, -0.2) is 45.9 Å². The summed E-state index contributed by atoms with van der Waals surface area (Å²) in [5, 5.41) is 11.3. The van der Waals surface area contributed by atoms with Crippen molar-refractivity contribution in [3.05, 3.63) is 54.6 Å². The monoisotopic (exact) mass is 422 g/mol. The zero-order valence-electron chi connectivity index (χ0n) is 16.8. The second-order valence-electron chi connectivity index (χ2n) is 6.71. The van der Waals surface area contributed by atoms with Gasteiger partial charge in [-0.3, -0.25) is 9.48 Å². The van der Waals surface area contributed by atoms with Crippen LogP contribution in [0.25, 0.3) is 20.7 Å². The van der Waals surface area contributed by atoms with Crippen LogP contribution in [0.5, 0.6) is 0 Å². The number of aromatic nitrogens is 4. The van der Waals surface area contributed by atoms with Crippen molar-refractivity contribution in [1.82, 2.24) is 25.1 Å². The number of nitrogens with one attached hydrogen (secondary N) is 2. The molecule has 4 rings (SSSR count). The van der Waals surface area contributed by atoms with E-state index in [4.69, 9.17) is 4.74 Å². The van der Waals surface area contributed by atoms with Gasteiger partial charge in [-0.15, -0.1) is 11.3 Å². The lowest BCUT2D eigenvalue weighted by Gasteiger charge is -2.05. The van der Waals surface area contributed by atoms with Crippen LogP contribution in [0.15, 0.2) is 48.8 Å². The maximum Gasteiger partial charge on any atom is 0.241 e. The van der Waals surface area contributed by atoms with Gasteiger partial charge in [-0.2, -0.15) is 5.10 Å². The van der Waals surface area contributed by atoms with E-state index in [-0.39, 0.29) is 12.5 Å². The Hall–Kier alpha value is -3.30. The molecular weight excluding hydrogens is 400 g/mol. The number of thiophene rings is 1. The van der Waals surface area contributed by atoms with Crippen molar-refractivity contribution in [3.63, 3.8) is 0 Å². The van der Waals surface area contributed by atoms with Crippen LogP contribution in [0.2, 0.25) is 0 Å². The third-order valence-corrected chi connectivity index (χ3v) is 5.47. The normalized spacial score (nSPS) is 11.0. The minimum Gasteiger partial charge on any atom is -0.383 e. The number of nitrogens with zero attached hydrogens (tertiary/aromatic N) is 4. The van der Waals surface area contributed by atoms with Crippen molar-refractivity contribution in [2.45, 2.75) is 13.5 Å². The third-order valence-electron chi connectivity index (χ3n) is 4.39. The summed E-state index contributed by atoms with van der Waals surface area (Å²) in [6.45, 7) is 2.97. The van der Waals surface area contributed by atoms with Gasteiger partial charge < -0.3 is 15.4 Å². The summed E-state index contributed by atoms with van der Waals surface area (Å²) in [5.41, 5.74) is 1.91. The molecule has 1 aromatic carbocycles. The number of fused-ring (bicyclic) bond motifs is 1. The average molecular weight is 423 g/mol. The molecule has 2 N–H and O–H groups in total. The molecule has 9 heteroatoms. The first-order chi connectivity index (χ1) is 14.6. The van der Waals surface area contributed by atoms with E-state index in [9.17, 15) is 4.79 Å². The Balaban J connectivity index is 1.53. The molecule has 1 amide bonds. The van der Waals surface area contributed by atoms with Gasteiger partial charge in [0.1, 0.15) is 23.0 Å². The van der Waals surface area contributed by atoms with Gasteiger partial charge in [0.05, 0.1) is 23.9 Å². The van der Waals surface area contributed by atoms with Crippen LogP contribution >= 0.6 is 11.3 Å². The van der Waals surface area contributed by atoms with Crippen LogP contribution < -0.4 is 10.6 Å². The van der Waals surface area contributed by atoms with Crippen LogP contribution in [0.4, 0.5) is 11.5 Å². The molecule has 0 aliphatic carbocycles. The van der Waals surface area contributed by atoms with Crippen molar-refractivity contribution in [3.8, 4) is 10.4 Å². The molecule has 154 valence electrons. The predicted octanol–water partition coefficient (Wildman–Crippen LogP) is 3.37. The third kappa shape index (κ3) is 4.64. The molecule has 0 unspecified atom stereocenters. The second-order valence-corrected chi connectivity index (χ2v) is 7.74. The van der Waals surface area contributed by atoms with Crippen molar-refractivity contribution in [2.75, 3.05) is 25.6 Å². The van der Waals surface area contributed by atoms with Gasteiger partial charge >= 0.3 is 0 Å². The number of hydrogen-bond acceptors (Lipinski definition) is 7. The lowest BCUT2D eigenvalue weighted by Crippen LogP contribution is -2.30. The van der Waals surface area contributed by atoms with Gasteiger partial charge in [0.15, 0.2) is 0 Å². The number of carbonyl (C=O) groups excluding carboxylic acids is 1. The second kappa shape index (κ2) is 9.02. The molecule has 0 fully saturated rings. The Morgan fingerprint density at radius 2 is 2.07 bits per heavy atom. The minimum absolute atomic E-state index is 0.118. The smallest absolute Gasteiger partial charge is 0.241 e. The number of ether oxygens (including phenoxy) is 1. The fourth-order valence-electron chi connectivity index (χ4n) is 3.01. The lowest BCUT2D eigenvalue weighted by atomic mass is 10.2. The van der Waals surface area contributed by atoms with Gasteiger partial charge in [0.25, 0.3) is 0 Å². The van der Waals surface area contributed by atoms with Crippen LogP contribution in [0, 0.1) is 6.92 Å². The molecule has 4 aromatic rings. The summed E-state index contributed by atoms with van der Waals surface area (Å²) in [5.74, 6) is 1.30. The van der Waals surface area contributed by atoms with Gasteiger partial charge in [-0.1, -0.05) is 30.3 Å². The average Bonchev–Trinajstić information content (AvgIpc) is 3.35. The van der Waals surface area contributed by atoms with E-state index in [0.29, 0.717) is 19.0 Å². The highest BCUT2D eigenvalue weighted by Crippen LogP contribution is 2.36. The van der Waals surface area contributed by atoms with Gasteiger partial charge in [0.2, 0.25) is 5.91 Å². The maximum atomic E-state index is 11.9. The fraction of sp³-hybridized carbons (Fsp3) is 0.238. The number of rotatable bonds is 8. The van der Waals surface area contributed by atoms with E-state index < -0.39 is 0 Å². The van der Waals surface area contributed by atoms with E-state index in [1.165, 1.54) is 0 Å². The summed E-state index contributed by atoms with van der Waals surface area (Å²) >= 11 is 1.64. The molecule has 0 saturated heterocycles. The van der Waals surface area contributed by atoms with Crippen molar-refractivity contribution < 1.29 is 9.53 Å². The molecule has 0 saturated carbocycles. The first kappa shape index (κ1) is 20.0. The number of anilines is 2. The Bertz CT molecular complexity index is 1150. The van der Waals surface area contributed by atoms with Crippen molar-refractivity contribution >= 4 is 39.0 Å². The molecule has 0 atom stereocenters. The number of methoxy groups -OCH3 is 1. The zero-order valence-corrected chi connectivity index (χ0v) is 17.6. The van der Waals surface area contributed by atoms with E-state index >= 15 is 0 Å². The number of carbonyl (C=O) groups is 1. The Labute approximate surface area is 177 Å². The Morgan fingerprint density at radius 1 is 1.23 bits per heavy atom. The molecule has 0 aliphatic heterocycles. The maximum absolute atomic E-state index is 11.9. The summed E-state index contributed by atoms with van der Waals surface area (Å²) in [6, 6.07) is 12.3. The minimum atomic E-state index is -0.118. The van der Waals surface area contributed by atoms with Crippen molar-refractivity contribution in [1.29, 1.82) is 0 Å². The summed E-state index contributed by atoms with van der Waals surface area (Å²) in [6.07, 6.45) is 3.46. The molecular formula is C21H22N6O2S. The van der Waals surface area contributed by atoms with Crippen LogP contribution in [0.1, 0.15) is 5.82 Å². The fourth-order valence-corrected chi connectivity index (χ4v) is 4.10. The predicted molar refractivity (Wildman–Crippen MR) is 118 cm³/mol. The SMILES string of the molecule is COCCNC(=O)Cn1cc(Nc2nc(C)nc3sc(-c4ccccc4)cc23)cn1. The highest BCUT2D eigenvalue weighted by Gasteiger charge is 2.13. The highest BCUT2D eigenvalue weighted by atomic mass is 32.1. The van der Waals surface area contributed by atoms with E-state index in [0.717, 1.165) is 32.2 Å². The molecule has 0 bridgehead atoms. The van der Waals surface area contributed by atoms with E-state index in [1.54, 1.807) is 35.5 Å². The molecule has 0 spiro atoms. The molecule has 30 heavy (non-hydrogen) atoms. The zero-order chi connectivity index (χ0) is 20.9.